The van der Waals surface area contributed by atoms with Gasteiger partial charge in [0.2, 0.25) is 11.7 Å². The molecule has 0 aliphatic heterocycles. The molecule has 2 aromatic heterocycles. The first kappa shape index (κ1) is 13.0. The lowest BCUT2D eigenvalue weighted by atomic mass is 10.2. The summed E-state index contributed by atoms with van der Waals surface area (Å²) in [6, 6.07) is 7.20. The molecule has 0 spiro atoms. The fourth-order valence-corrected chi connectivity index (χ4v) is 2.09. The van der Waals surface area contributed by atoms with E-state index in [9.17, 15) is 0 Å². The zero-order valence-corrected chi connectivity index (χ0v) is 12.3. The number of halogens is 1. The van der Waals surface area contributed by atoms with Crippen molar-refractivity contribution in [1.29, 1.82) is 0 Å². The lowest BCUT2D eigenvalue weighted by Crippen LogP contribution is -2.11. The molecule has 0 amide bonds. The van der Waals surface area contributed by atoms with E-state index in [4.69, 9.17) is 10.3 Å². The van der Waals surface area contributed by atoms with Gasteiger partial charge in [0.15, 0.2) is 0 Å². The summed E-state index contributed by atoms with van der Waals surface area (Å²) in [7, 11) is 1.83. The average Bonchev–Trinajstić information content (AvgIpc) is 3.08. The summed E-state index contributed by atoms with van der Waals surface area (Å²) in [4.78, 5) is 4.34. The summed E-state index contributed by atoms with van der Waals surface area (Å²) in [5, 5.41) is 8.04. The van der Waals surface area contributed by atoms with Crippen LogP contribution < -0.4 is 5.73 Å². The molecule has 2 N–H and O–H groups in total. The summed E-state index contributed by atoms with van der Waals surface area (Å²) in [5.74, 6) is 0.891. The van der Waals surface area contributed by atoms with Gasteiger partial charge in [-0.15, -0.1) is 0 Å². The van der Waals surface area contributed by atoms with Gasteiger partial charge in [-0.25, -0.2) is 0 Å². The second kappa shape index (κ2) is 5.18. The molecular formula is C13H12BrN5O. The second-order valence-corrected chi connectivity index (χ2v) is 5.30. The van der Waals surface area contributed by atoms with Gasteiger partial charge in [0, 0.05) is 28.8 Å². The number of nitrogens with zero attached hydrogens (tertiary/aromatic N) is 4. The first-order chi connectivity index (χ1) is 9.63. The first-order valence-corrected chi connectivity index (χ1v) is 6.76. The number of rotatable bonds is 3. The molecular weight excluding hydrogens is 322 g/mol. The molecule has 3 rings (SSSR count). The van der Waals surface area contributed by atoms with Gasteiger partial charge in [-0.3, -0.25) is 4.68 Å². The van der Waals surface area contributed by atoms with Crippen LogP contribution >= 0.6 is 15.9 Å². The van der Waals surface area contributed by atoms with Crippen LogP contribution in [0.25, 0.3) is 11.4 Å². The van der Waals surface area contributed by atoms with Crippen LogP contribution in [0.15, 0.2) is 45.7 Å². The smallest absolute Gasteiger partial charge is 0.248 e. The van der Waals surface area contributed by atoms with Crippen molar-refractivity contribution in [3.8, 4) is 11.4 Å². The third-order valence-corrected chi connectivity index (χ3v) is 3.42. The minimum atomic E-state index is -0.472. The Hall–Kier alpha value is -1.99. The van der Waals surface area contributed by atoms with Gasteiger partial charge >= 0.3 is 0 Å². The average molecular weight is 334 g/mol. The van der Waals surface area contributed by atoms with Crippen molar-refractivity contribution in [1.82, 2.24) is 19.9 Å². The molecule has 1 unspecified atom stereocenters. The number of aryl methyl sites for hydroxylation is 1. The van der Waals surface area contributed by atoms with E-state index in [-0.39, 0.29) is 0 Å². The molecule has 1 atom stereocenters. The van der Waals surface area contributed by atoms with Crippen LogP contribution in [0.4, 0.5) is 0 Å². The molecule has 0 aliphatic carbocycles. The highest BCUT2D eigenvalue weighted by Crippen LogP contribution is 2.22. The maximum atomic E-state index is 6.09. The van der Waals surface area contributed by atoms with Crippen molar-refractivity contribution >= 4 is 15.9 Å². The molecule has 7 heteroatoms. The Kier molecular flexibility index (Phi) is 3.37. The van der Waals surface area contributed by atoms with E-state index in [0.717, 1.165) is 15.6 Å². The molecule has 3 aromatic rings. The zero-order chi connectivity index (χ0) is 14.1. The van der Waals surface area contributed by atoms with Crippen LogP contribution in [-0.4, -0.2) is 19.9 Å². The van der Waals surface area contributed by atoms with E-state index < -0.39 is 6.04 Å². The van der Waals surface area contributed by atoms with Crippen molar-refractivity contribution in [3.05, 3.63) is 52.6 Å². The first-order valence-electron chi connectivity index (χ1n) is 5.97. The van der Waals surface area contributed by atoms with Crippen molar-refractivity contribution in [2.75, 3.05) is 0 Å². The Labute approximate surface area is 123 Å². The van der Waals surface area contributed by atoms with Crippen molar-refractivity contribution in [2.45, 2.75) is 6.04 Å². The SMILES string of the molecule is Cn1cc(C(N)c2nc(-c3ccc(Br)cc3)no2)cn1. The highest BCUT2D eigenvalue weighted by Gasteiger charge is 2.18. The normalized spacial score (nSPS) is 12.6. The molecule has 0 saturated heterocycles. The largest absolute Gasteiger partial charge is 0.337 e. The van der Waals surface area contributed by atoms with Crippen LogP contribution in [0, 0.1) is 0 Å². The summed E-state index contributed by atoms with van der Waals surface area (Å²) >= 11 is 3.39. The van der Waals surface area contributed by atoms with Crippen LogP contribution in [0.3, 0.4) is 0 Å². The topological polar surface area (TPSA) is 82.8 Å². The second-order valence-electron chi connectivity index (χ2n) is 4.39. The van der Waals surface area contributed by atoms with Gasteiger partial charge in [-0.2, -0.15) is 10.1 Å². The van der Waals surface area contributed by atoms with E-state index in [1.807, 2.05) is 37.5 Å². The Morgan fingerprint density at radius 2 is 2.05 bits per heavy atom. The molecule has 6 nitrogen and oxygen atoms in total. The number of nitrogens with two attached hydrogens (primary N) is 1. The maximum Gasteiger partial charge on any atom is 0.248 e. The highest BCUT2D eigenvalue weighted by atomic mass is 79.9. The van der Waals surface area contributed by atoms with Crippen molar-refractivity contribution in [3.63, 3.8) is 0 Å². The molecule has 1 aromatic carbocycles. The van der Waals surface area contributed by atoms with E-state index >= 15 is 0 Å². The number of hydrogen-bond donors (Lipinski definition) is 1. The standard InChI is InChI=1S/C13H12BrN5O/c1-19-7-9(6-16-19)11(15)13-17-12(18-20-13)8-2-4-10(14)5-3-8/h2-7,11H,15H2,1H3. The molecule has 0 fully saturated rings. The molecule has 20 heavy (non-hydrogen) atoms. The third kappa shape index (κ3) is 2.50. The minimum Gasteiger partial charge on any atom is -0.337 e. The Morgan fingerprint density at radius 1 is 1.30 bits per heavy atom. The van der Waals surface area contributed by atoms with Crippen LogP contribution in [0.1, 0.15) is 17.5 Å². The predicted molar refractivity (Wildman–Crippen MR) is 76.7 cm³/mol. The van der Waals surface area contributed by atoms with E-state index in [1.54, 1.807) is 10.9 Å². The van der Waals surface area contributed by atoms with Gasteiger partial charge in [0.1, 0.15) is 6.04 Å². The Balaban J connectivity index is 1.88. The van der Waals surface area contributed by atoms with Gasteiger partial charge in [-0.1, -0.05) is 21.1 Å². The van der Waals surface area contributed by atoms with Gasteiger partial charge in [0.25, 0.3) is 0 Å². The fourth-order valence-electron chi connectivity index (χ4n) is 1.82. The number of aromatic nitrogens is 4. The number of hydrogen-bond acceptors (Lipinski definition) is 5. The van der Waals surface area contributed by atoms with E-state index in [2.05, 4.69) is 31.2 Å². The molecule has 102 valence electrons. The predicted octanol–water partition coefficient (Wildman–Crippen LogP) is 2.28. The van der Waals surface area contributed by atoms with E-state index in [0.29, 0.717) is 11.7 Å². The van der Waals surface area contributed by atoms with Crippen molar-refractivity contribution in [2.24, 2.45) is 12.8 Å². The monoisotopic (exact) mass is 333 g/mol. The van der Waals surface area contributed by atoms with Crippen molar-refractivity contribution < 1.29 is 4.52 Å². The molecule has 0 aliphatic rings. The van der Waals surface area contributed by atoms with Gasteiger partial charge in [0.05, 0.1) is 6.20 Å². The minimum absolute atomic E-state index is 0.371. The lowest BCUT2D eigenvalue weighted by Gasteiger charge is -2.01. The molecule has 0 bridgehead atoms. The van der Waals surface area contributed by atoms with E-state index in [1.165, 1.54) is 0 Å². The molecule has 0 radical (unpaired) electrons. The van der Waals surface area contributed by atoms with Gasteiger partial charge < -0.3 is 10.3 Å². The summed E-state index contributed by atoms with van der Waals surface area (Å²) in [6.45, 7) is 0. The summed E-state index contributed by atoms with van der Waals surface area (Å²) in [5.41, 5.74) is 7.80. The Morgan fingerprint density at radius 3 is 2.70 bits per heavy atom. The fraction of sp³-hybridized carbons (Fsp3) is 0.154. The van der Waals surface area contributed by atoms with Crippen LogP contribution in [0.5, 0.6) is 0 Å². The summed E-state index contributed by atoms with van der Waals surface area (Å²) < 4.78 is 7.92. The quantitative estimate of drug-likeness (QED) is 0.794. The van der Waals surface area contributed by atoms with Crippen LogP contribution in [0.2, 0.25) is 0 Å². The number of benzene rings is 1. The third-order valence-electron chi connectivity index (χ3n) is 2.89. The van der Waals surface area contributed by atoms with Crippen LogP contribution in [-0.2, 0) is 7.05 Å². The van der Waals surface area contributed by atoms with Gasteiger partial charge in [-0.05, 0) is 24.3 Å². The molecule has 2 heterocycles. The Bertz CT molecular complexity index is 718. The zero-order valence-electron chi connectivity index (χ0n) is 10.7. The lowest BCUT2D eigenvalue weighted by molar-refractivity contribution is 0.367. The summed E-state index contributed by atoms with van der Waals surface area (Å²) in [6.07, 6.45) is 3.52. The molecule has 0 saturated carbocycles. The maximum absolute atomic E-state index is 6.09. The highest BCUT2D eigenvalue weighted by molar-refractivity contribution is 9.10.